The number of benzene rings is 2. The molecule has 0 aliphatic carbocycles. The lowest BCUT2D eigenvalue weighted by Crippen LogP contribution is -2.04. The third-order valence-corrected chi connectivity index (χ3v) is 3.69. The summed E-state index contributed by atoms with van der Waals surface area (Å²) in [6, 6.07) is 16.5. The highest BCUT2D eigenvalue weighted by molar-refractivity contribution is 7.97. The Kier molecular flexibility index (Phi) is 3.53. The molecule has 0 unspecified atom stereocenters. The molecular weight excluding hydrogens is 254 g/mol. The summed E-state index contributed by atoms with van der Waals surface area (Å²) in [7, 11) is 0. The highest BCUT2D eigenvalue weighted by Crippen LogP contribution is 2.16. The molecule has 0 fully saturated rings. The minimum Gasteiger partial charge on any atom is -0.341 e. The molecule has 0 saturated heterocycles. The highest BCUT2D eigenvalue weighted by Gasteiger charge is 2.01. The van der Waals surface area contributed by atoms with Gasteiger partial charge >= 0.3 is 0 Å². The van der Waals surface area contributed by atoms with E-state index >= 15 is 0 Å². The van der Waals surface area contributed by atoms with Crippen LogP contribution in [0.25, 0.3) is 11.0 Å². The standard InChI is InChI=1S/C15H15N3S/c1-11-6-8-12(9-7-11)19-16-10-15-17-13-4-2-3-5-14(13)18-15/h2-9,16H,10H2,1H3,(H,17,18). The van der Waals surface area contributed by atoms with Crippen LogP contribution in [0.2, 0.25) is 0 Å². The molecule has 4 heteroatoms. The predicted octanol–water partition coefficient (Wildman–Crippen LogP) is 3.67. The fourth-order valence-electron chi connectivity index (χ4n) is 1.88. The number of aromatic nitrogens is 2. The molecule has 3 rings (SSSR count). The van der Waals surface area contributed by atoms with E-state index < -0.39 is 0 Å². The second kappa shape index (κ2) is 5.47. The topological polar surface area (TPSA) is 40.7 Å². The van der Waals surface area contributed by atoms with E-state index in [0.717, 1.165) is 16.9 Å². The van der Waals surface area contributed by atoms with Gasteiger partial charge in [-0.3, -0.25) is 4.72 Å². The van der Waals surface area contributed by atoms with Crippen LogP contribution in [0.4, 0.5) is 0 Å². The van der Waals surface area contributed by atoms with Crippen LogP contribution in [0.5, 0.6) is 0 Å². The van der Waals surface area contributed by atoms with Gasteiger partial charge in [0.05, 0.1) is 17.6 Å². The number of hydrogen-bond acceptors (Lipinski definition) is 3. The largest absolute Gasteiger partial charge is 0.341 e. The molecular formula is C15H15N3S. The van der Waals surface area contributed by atoms with Gasteiger partial charge in [0.1, 0.15) is 5.82 Å². The lowest BCUT2D eigenvalue weighted by molar-refractivity contribution is 0.894. The number of fused-ring (bicyclic) bond motifs is 1. The lowest BCUT2D eigenvalue weighted by atomic mass is 10.2. The van der Waals surface area contributed by atoms with Gasteiger partial charge in [0.15, 0.2) is 0 Å². The Labute approximate surface area is 116 Å². The van der Waals surface area contributed by atoms with Gasteiger partial charge in [-0.1, -0.05) is 29.8 Å². The third kappa shape index (κ3) is 2.97. The van der Waals surface area contributed by atoms with E-state index in [1.807, 2.05) is 24.3 Å². The number of nitrogens with zero attached hydrogens (tertiary/aromatic N) is 1. The van der Waals surface area contributed by atoms with Crippen LogP contribution in [0.15, 0.2) is 53.4 Å². The monoisotopic (exact) mass is 269 g/mol. The molecule has 3 aromatic rings. The van der Waals surface area contributed by atoms with Crippen molar-refractivity contribution in [2.24, 2.45) is 0 Å². The van der Waals surface area contributed by atoms with Gasteiger partial charge in [-0.05, 0) is 43.1 Å². The molecule has 3 nitrogen and oxygen atoms in total. The van der Waals surface area contributed by atoms with Crippen molar-refractivity contribution in [2.75, 3.05) is 0 Å². The van der Waals surface area contributed by atoms with Crippen molar-refractivity contribution in [3.8, 4) is 0 Å². The van der Waals surface area contributed by atoms with Crippen LogP contribution < -0.4 is 4.72 Å². The van der Waals surface area contributed by atoms with Crippen LogP contribution in [0.3, 0.4) is 0 Å². The number of rotatable bonds is 4. The van der Waals surface area contributed by atoms with Gasteiger partial charge in [-0.15, -0.1) is 0 Å². The smallest absolute Gasteiger partial charge is 0.122 e. The molecule has 0 aliphatic heterocycles. The van der Waals surface area contributed by atoms with Crippen molar-refractivity contribution in [3.05, 3.63) is 59.9 Å². The number of aromatic amines is 1. The van der Waals surface area contributed by atoms with Gasteiger partial charge in [0.25, 0.3) is 0 Å². The average Bonchev–Trinajstić information content (AvgIpc) is 2.83. The molecule has 96 valence electrons. The van der Waals surface area contributed by atoms with Crippen LogP contribution in [0, 0.1) is 6.92 Å². The van der Waals surface area contributed by atoms with E-state index in [1.54, 1.807) is 11.9 Å². The molecule has 0 spiro atoms. The van der Waals surface area contributed by atoms with Gasteiger partial charge in [-0.25, -0.2) is 4.98 Å². The first-order valence-electron chi connectivity index (χ1n) is 6.21. The minimum atomic E-state index is 0.715. The zero-order valence-electron chi connectivity index (χ0n) is 10.7. The Hall–Kier alpha value is -1.78. The molecule has 0 saturated carbocycles. The van der Waals surface area contributed by atoms with E-state index in [1.165, 1.54) is 10.5 Å². The predicted molar refractivity (Wildman–Crippen MR) is 80.0 cm³/mol. The van der Waals surface area contributed by atoms with Crippen molar-refractivity contribution >= 4 is 23.0 Å². The molecule has 0 radical (unpaired) electrons. The fraction of sp³-hybridized carbons (Fsp3) is 0.133. The van der Waals surface area contributed by atoms with Crippen LogP contribution in [-0.2, 0) is 6.54 Å². The summed E-state index contributed by atoms with van der Waals surface area (Å²) in [5, 5.41) is 0. The zero-order valence-corrected chi connectivity index (χ0v) is 11.5. The summed E-state index contributed by atoms with van der Waals surface area (Å²) < 4.78 is 3.32. The van der Waals surface area contributed by atoms with Crippen molar-refractivity contribution < 1.29 is 0 Å². The van der Waals surface area contributed by atoms with Crippen molar-refractivity contribution in [2.45, 2.75) is 18.4 Å². The zero-order chi connectivity index (χ0) is 13.1. The minimum absolute atomic E-state index is 0.715. The first kappa shape index (κ1) is 12.3. The Morgan fingerprint density at radius 3 is 2.68 bits per heavy atom. The number of para-hydroxylation sites is 2. The summed E-state index contributed by atoms with van der Waals surface area (Å²) in [6.45, 7) is 2.81. The average molecular weight is 269 g/mol. The summed E-state index contributed by atoms with van der Waals surface area (Å²) in [5.41, 5.74) is 3.38. The first-order valence-corrected chi connectivity index (χ1v) is 7.03. The van der Waals surface area contributed by atoms with Crippen molar-refractivity contribution in [1.82, 2.24) is 14.7 Å². The Bertz CT molecular complexity index is 640. The number of H-pyrrole nitrogens is 1. The van der Waals surface area contributed by atoms with E-state index in [0.29, 0.717) is 6.54 Å². The van der Waals surface area contributed by atoms with Crippen LogP contribution >= 0.6 is 11.9 Å². The molecule has 2 aromatic carbocycles. The van der Waals surface area contributed by atoms with E-state index in [2.05, 4.69) is 45.9 Å². The Morgan fingerprint density at radius 2 is 1.89 bits per heavy atom. The van der Waals surface area contributed by atoms with E-state index in [4.69, 9.17) is 0 Å². The lowest BCUT2D eigenvalue weighted by Gasteiger charge is -2.02. The van der Waals surface area contributed by atoms with Crippen molar-refractivity contribution in [3.63, 3.8) is 0 Å². The van der Waals surface area contributed by atoms with E-state index in [-0.39, 0.29) is 0 Å². The van der Waals surface area contributed by atoms with Gasteiger partial charge in [0, 0.05) is 4.90 Å². The molecule has 2 N–H and O–H groups in total. The molecule has 1 aromatic heterocycles. The number of nitrogens with one attached hydrogen (secondary N) is 2. The highest BCUT2D eigenvalue weighted by atomic mass is 32.2. The molecule has 19 heavy (non-hydrogen) atoms. The second-order valence-corrected chi connectivity index (χ2v) is 5.40. The molecule has 0 aliphatic rings. The van der Waals surface area contributed by atoms with Crippen LogP contribution in [0.1, 0.15) is 11.4 Å². The summed E-state index contributed by atoms with van der Waals surface area (Å²) in [5.74, 6) is 0.959. The van der Waals surface area contributed by atoms with Gasteiger partial charge < -0.3 is 4.98 Å². The SMILES string of the molecule is Cc1ccc(SNCc2nc3ccccc3[nH]2)cc1. The summed E-state index contributed by atoms with van der Waals surface area (Å²) in [4.78, 5) is 9.04. The maximum Gasteiger partial charge on any atom is 0.122 e. The van der Waals surface area contributed by atoms with E-state index in [9.17, 15) is 0 Å². The maximum absolute atomic E-state index is 4.53. The van der Waals surface area contributed by atoms with Crippen molar-refractivity contribution in [1.29, 1.82) is 0 Å². The van der Waals surface area contributed by atoms with Crippen LogP contribution in [-0.4, -0.2) is 9.97 Å². The first-order chi connectivity index (χ1) is 9.31. The number of hydrogen-bond donors (Lipinski definition) is 2. The van der Waals surface area contributed by atoms with Gasteiger partial charge in [-0.2, -0.15) is 0 Å². The Balaban J connectivity index is 1.61. The fourth-order valence-corrected chi connectivity index (χ4v) is 2.53. The Morgan fingerprint density at radius 1 is 1.11 bits per heavy atom. The molecule has 0 atom stereocenters. The maximum atomic E-state index is 4.53. The molecule has 0 bridgehead atoms. The number of imidazole rings is 1. The van der Waals surface area contributed by atoms with Gasteiger partial charge in [0.2, 0.25) is 0 Å². The molecule has 0 amide bonds. The normalized spacial score (nSPS) is 11.0. The third-order valence-electron chi connectivity index (χ3n) is 2.89. The summed E-state index contributed by atoms with van der Waals surface area (Å²) in [6.07, 6.45) is 0. The second-order valence-electron chi connectivity index (χ2n) is 4.44. The molecule has 1 heterocycles. The number of aryl methyl sites for hydroxylation is 1. The summed E-state index contributed by atoms with van der Waals surface area (Å²) >= 11 is 1.62. The quantitative estimate of drug-likeness (QED) is 0.710.